The van der Waals surface area contributed by atoms with Crippen LogP contribution in [0.3, 0.4) is 0 Å². The summed E-state index contributed by atoms with van der Waals surface area (Å²) < 4.78 is 134. The molecule has 15 heteroatoms. The Labute approximate surface area is 111 Å². The number of alkyl halides is 11. The van der Waals surface area contributed by atoms with Crippen LogP contribution in [-0.4, -0.2) is 46.7 Å². The number of carboxylic acid groups (broad SMARTS) is 1. The van der Waals surface area contributed by atoms with Crippen LogP contribution in [0.5, 0.6) is 0 Å². The molecule has 0 radical (unpaired) electrons. The molecule has 3 nitrogen and oxygen atoms in total. The second-order valence-corrected chi connectivity index (χ2v) is 3.44. The highest BCUT2D eigenvalue weighted by Gasteiger charge is 2.85. The van der Waals surface area contributed by atoms with E-state index in [4.69, 9.17) is 5.11 Å². The predicted molar refractivity (Wildman–Crippen MR) is 41.0 cm³/mol. The summed E-state index contributed by atoms with van der Waals surface area (Å²) in [6, 6.07) is 0. The molecule has 1 N–H and O–H groups in total. The molecule has 0 saturated carbocycles. The highest BCUT2D eigenvalue weighted by atomic mass is 19.4. The number of Topliss-reactive ketones (excluding diaryl/α,β-unsaturated/α-hetero) is 1. The quantitative estimate of drug-likeness (QED) is 0.621. The molecule has 0 aliphatic rings. The lowest BCUT2D eigenvalue weighted by molar-refractivity contribution is -0.332. The smallest absolute Gasteiger partial charge is 0.441 e. The summed E-state index contributed by atoms with van der Waals surface area (Å²) in [6.45, 7) is 0. The molecule has 0 aromatic carbocycles. The van der Waals surface area contributed by atoms with Crippen molar-refractivity contribution in [1.82, 2.24) is 0 Å². The fraction of sp³-hybridized carbons (Fsp3) is 0.714. The van der Waals surface area contributed by atoms with Gasteiger partial charge in [-0.2, -0.15) is 39.5 Å². The van der Waals surface area contributed by atoms with Crippen LogP contribution in [0.15, 0.2) is 0 Å². The van der Waals surface area contributed by atoms with Crippen molar-refractivity contribution in [2.45, 2.75) is 29.9 Å². The van der Waals surface area contributed by atoms with Crippen molar-refractivity contribution < 1.29 is 67.7 Å². The first-order chi connectivity index (χ1) is 8.85. The SMILES string of the molecule is F.O=C(O)C(F)(C(=O)C(F)(C(F)(F)F)C(F)(F)F)C(F)(F)F. The first-order valence-corrected chi connectivity index (χ1v) is 4.21. The molecule has 22 heavy (non-hydrogen) atoms. The Kier molecular flexibility index (Phi) is 5.64. The van der Waals surface area contributed by atoms with Gasteiger partial charge in [-0.3, -0.25) is 9.50 Å². The Morgan fingerprint density at radius 1 is 0.636 bits per heavy atom. The van der Waals surface area contributed by atoms with E-state index in [-0.39, 0.29) is 4.70 Å². The van der Waals surface area contributed by atoms with Gasteiger partial charge in [0.25, 0.3) is 0 Å². The fourth-order valence-corrected chi connectivity index (χ4v) is 1.00. The Morgan fingerprint density at radius 3 is 1.05 bits per heavy atom. The zero-order valence-corrected chi connectivity index (χ0v) is 9.33. The first kappa shape index (κ1) is 22.6. The van der Waals surface area contributed by atoms with Gasteiger partial charge in [-0.15, -0.1) is 0 Å². The number of hydrogen-bond acceptors (Lipinski definition) is 2. The maximum Gasteiger partial charge on any atom is 0.441 e. The molecule has 0 fully saturated rings. The number of rotatable bonds is 3. The zero-order valence-electron chi connectivity index (χ0n) is 9.33. The predicted octanol–water partition coefficient (Wildman–Crippen LogP) is 2.90. The standard InChI is InChI=1S/C7HF11O3.FH/c8-3(2(20)21,5(10,11)12)1(19)4(9,6(13,14)15)7(16,17)18;/h(H,20,21);1H. The summed E-state index contributed by atoms with van der Waals surface area (Å²) in [6.07, 6.45) is -21.8. The molecule has 0 aliphatic carbocycles. The number of carbonyl (C=O) groups excluding carboxylic acids is 1. The summed E-state index contributed by atoms with van der Waals surface area (Å²) in [7, 11) is 0. The Bertz CT molecular complexity index is 431. The van der Waals surface area contributed by atoms with Crippen LogP contribution >= 0.6 is 0 Å². The fourth-order valence-electron chi connectivity index (χ4n) is 1.00. The van der Waals surface area contributed by atoms with Crippen LogP contribution in [0.1, 0.15) is 0 Å². The van der Waals surface area contributed by atoms with Gasteiger partial charge in [0, 0.05) is 0 Å². The molecule has 0 amide bonds. The lowest BCUT2D eigenvalue weighted by Gasteiger charge is -2.33. The van der Waals surface area contributed by atoms with Crippen molar-refractivity contribution in [2.24, 2.45) is 0 Å². The summed E-state index contributed by atoms with van der Waals surface area (Å²) in [5.74, 6) is -8.97. The molecule has 0 aromatic rings. The van der Waals surface area contributed by atoms with Gasteiger partial charge in [-0.25, -0.2) is 13.6 Å². The van der Waals surface area contributed by atoms with Gasteiger partial charge in [0.1, 0.15) is 0 Å². The molecule has 0 bridgehead atoms. The number of carbonyl (C=O) groups is 2. The second-order valence-electron chi connectivity index (χ2n) is 3.44. The Balaban J connectivity index is 0. The largest absolute Gasteiger partial charge is 0.478 e. The average molecular weight is 362 g/mol. The summed E-state index contributed by atoms with van der Waals surface area (Å²) in [5, 5.41) is 7.82. The average Bonchev–Trinajstić information content (AvgIpc) is 2.20. The van der Waals surface area contributed by atoms with Gasteiger partial charge in [0.05, 0.1) is 0 Å². The van der Waals surface area contributed by atoms with Crippen molar-refractivity contribution >= 4 is 11.8 Å². The van der Waals surface area contributed by atoms with Crippen molar-refractivity contribution in [2.75, 3.05) is 0 Å². The maximum absolute atomic E-state index is 13.1. The van der Waals surface area contributed by atoms with E-state index < -0.39 is 41.6 Å². The van der Waals surface area contributed by atoms with E-state index in [1.165, 1.54) is 0 Å². The van der Waals surface area contributed by atoms with Crippen LogP contribution in [0.4, 0.5) is 53.0 Å². The molecule has 0 aromatic heterocycles. The van der Waals surface area contributed by atoms with Crippen LogP contribution in [0.25, 0.3) is 0 Å². The van der Waals surface area contributed by atoms with E-state index in [9.17, 15) is 57.9 Å². The molecular weight excluding hydrogens is 360 g/mol. The van der Waals surface area contributed by atoms with Crippen molar-refractivity contribution in [3.8, 4) is 0 Å². The monoisotopic (exact) mass is 362 g/mol. The number of halogens is 12. The zero-order chi connectivity index (χ0) is 17.7. The van der Waals surface area contributed by atoms with E-state index in [1.54, 1.807) is 0 Å². The first-order valence-electron chi connectivity index (χ1n) is 4.21. The molecule has 0 aliphatic heterocycles. The Hall–Kier alpha value is -1.70. The van der Waals surface area contributed by atoms with Crippen molar-refractivity contribution in [1.29, 1.82) is 0 Å². The number of ketones is 1. The molecule has 0 spiro atoms. The van der Waals surface area contributed by atoms with Gasteiger partial charge in [0.2, 0.25) is 5.78 Å². The number of hydrogen-bond donors (Lipinski definition) is 1. The van der Waals surface area contributed by atoms with E-state index in [2.05, 4.69) is 0 Å². The van der Waals surface area contributed by atoms with E-state index in [0.717, 1.165) is 0 Å². The molecule has 1 unspecified atom stereocenters. The van der Waals surface area contributed by atoms with E-state index in [0.29, 0.717) is 0 Å². The van der Waals surface area contributed by atoms with Gasteiger partial charge in [-0.05, 0) is 0 Å². The molecular formula is C7H2F12O3. The minimum absolute atomic E-state index is 0. The molecule has 0 rings (SSSR count). The number of carboxylic acids is 1. The lowest BCUT2D eigenvalue weighted by atomic mass is 9.86. The summed E-state index contributed by atoms with van der Waals surface area (Å²) >= 11 is 0. The topological polar surface area (TPSA) is 54.4 Å². The van der Waals surface area contributed by atoms with Gasteiger partial charge >= 0.3 is 35.8 Å². The normalized spacial score (nSPS) is 16.5. The van der Waals surface area contributed by atoms with E-state index in [1.807, 2.05) is 0 Å². The maximum atomic E-state index is 13.1. The molecule has 1 atom stereocenters. The minimum Gasteiger partial charge on any atom is -0.478 e. The van der Waals surface area contributed by atoms with E-state index >= 15 is 0 Å². The second kappa shape index (κ2) is 5.49. The van der Waals surface area contributed by atoms with Crippen molar-refractivity contribution in [3.05, 3.63) is 0 Å². The van der Waals surface area contributed by atoms with Gasteiger partial charge in [0.15, 0.2) is 0 Å². The summed E-state index contributed by atoms with van der Waals surface area (Å²) in [5.41, 5.74) is -14.1. The third kappa shape index (κ3) is 2.92. The highest BCUT2D eigenvalue weighted by molar-refractivity contribution is 6.12. The van der Waals surface area contributed by atoms with Gasteiger partial charge in [-0.1, -0.05) is 0 Å². The molecule has 0 saturated heterocycles. The van der Waals surface area contributed by atoms with Crippen LogP contribution in [0, 0.1) is 0 Å². The third-order valence-corrected chi connectivity index (χ3v) is 2.09. The van der Waals surface area contributed by atoms with Gasteiger partial charge < -0.3 is 5.11 Å². The van der Waals surface area contributed by atoms with Crippen molar-refractivity contribution in [3.63, 3.8) is 0 Å². The van der Waals surface area contributed by atoms with Crippen LogP contribution in [-0.2, 0) is 9.59 Å². The van der Waals surface area contributed by atoms with Crippen LogP contribution in [0.2, 0.25) is 0 Å². The van der Waals surface area contributed by atoms with Crippen LogP contribution < -0.4 is 0 Å². The third-order valence-electron chi connectivity index (χ3n) is 2.09. The lowest BCUT2D eigenvalue weighted by Crippen LogP contribution is -2.69. The Morgan fingerprint density at radius 2 is 0.909 bits per heavy atom. The minimum atomic E-state index is -7.37. The molecule has 0 heterocycles. The number of aliphatic carboxylic acids is 1. The molecule has 132 valence electrons. The summed E-state index contributed by atoms with van der Waals surface area (Å²) in [4.78, 5) is 20.6. The highest BCUT2D eigenvalue weighted by Crippen LogP contribution is 2.51.